The van der Waals surface area contributed by atoms with Gasteiger partial charge in [0.2, 0.25) is 5.91 Å². The molecule has 14 heavy (non-hydrogen) atoms. The molecule has 82 valence electrons. The van der Waals surface area contributed by atoms with Crippen LogP contribution in [0.15, 0.2) is 0 Å². The number of nitrogens with zero attached hydrogens (tertiary/aromatic N) is 1. The second kappa shape index (κ2) is 6.23. The van der Waals surface area contributed by atoms with E-state index in [4.69, 9.17) is 0 Å². The third-order valence-corrected chi connectivity index (χ3v) is 1.54. The highest BCUT2D eigenvalue weighted by Crippen LogP contribution is 1.85. The van der Waals surface area contributed by atoms with Crippen LogP contribution in [0, 0.1) is 0 Å². The first kappa shape index (κ1) is 12.7. The van der Waals surface area contributed by atoms with Crippen LogP contribution < -0.4 is 10.6 Å². The molecule has 0 rings (SSSR count). The smallest absolute Gasteiger partial charge is 0.315 e. The van der Waals surface area contributed by atoms with Gasteiger partial charge in [0.15, 0.2) is 0 Å². The van der Waals surface area contributed by atoms with Crippen LogP contribution in [0.3, 0.4) is 0 Å². The predicted octanol–water partition coefficient (Wildman–Crippen LogP) is 0.172. The molecule has 0 radical (unpaired) electrons. The third kappa shape index (κ3) is 6.28. The maximum absolute atomic E-state index is 11.1. The number of hydrogen-bond donors (Lipinski definition) is 2. The lowest BCUT2D eigenvalue weighted by molar-refractivity contribution is -0.128. The van der Waals surface area contributed by atoms with E-state index in [0.29, 0.717) is 13.0 Å². The topological polar surface area (TPSA) is 61.4 Å². The summed E-state index contributed by atoms with van der Waals surface area (Å²) < 4.78 is 0. The van der Waals surface area contributed by atoms with Gasteiger partial charge in [-0.05, 0) is 13.8 Å². The van der Waals surface area contributed by atoms with Crippen molar-refractivity contribution in [1.29, 1.82) is 0 Å². The lowest BCUT2D eigenvalue weighted by Crippen LogP contribution is -2.40. The van der Waals surface area contributed by atoms with E-state index in [2.05, 4.69) is 10.6 Å². The Hall–Kier alpha value is -1.26. The molecule has 0 spiro atoms. The van der Waals surface area contributed by atoms with E-state index < -0.39 is 0 Å². The fourth-order valence-electron chi connectivity index (χ4n) is 0.820. The zero-order valence-corrected chi connectivity index (χ0v) is 9.26. The summed E-state index contributed by atoms with van der Waals surface area (Å²) in [6.07, 6.45) is 0.332. The monoisotopic (exact) mass is 201 g/mol. The van der Waals surface area contributed by atoms with Crippen LogP contribution in [0.2, 0.25) is 0 Å². The molecule has 0 aliphatic carbocycles. The molecule has 0 aromatic heterocycles. The summed E-state index contributed by atoms with van der Waals surface area (Å²) >= 11 is 0. The zero-order chi connectivity index (χ0) is 11.1. The molecule has 0 bridgehead atoms. The molecule has 0 aliphatic rings. The first-order valence-electron chi connectivity index (χ1n) is 4.68. The van der Waals surface area contributed by atoms with Gasteiger partial charge in [0.05, 0.1) is 0 Å². The van der Waals surface area contributed by atoms with Gasteiger partial charge in [0.25, 0.3) is 0 Å². The largest absolute Gasteiger partial charge is 0.349 e. The molecule has 5 nitrogen and oxygen atoms in total. The molecule has 0 saturated heterocycles. The highest BCUT2D eigenvalue weighted by Gasteiger charge is 2.05. The summed E-state index contributed by atoms with van der Waals surface area (Å²) in [5.41, 5.74) is 0. The van der Waals surface area contributed by atoms with Crippen LogP contribution in [0.25, 0.3) is 0 Å². The Morgan fingerprint density at radius 1 is 1.29 bits per heavy atom. The molecule has 0 saturated carbocycles. The van der Waals surface area contributed by atoms with Gasteiger partial charge in [0.1, 0.15) is 0 Å². The van der Waals surface area contributed by atoms with Crippen molar-refractivity contribution in [2.75, 3.05) is 20.6 Å². The first-order chi connectivity index (χ1) is 6.43. The quantitative estimate of drug-likeness (QED) is 0.681. The SMILES string of the molecule is CC(C)NC(=O)NCCC(=O)N(C)C. The van der Waals surface area contributed by atoms with Gasteiger partial charge in [-0.25, -0.2) is 4.79 Å². The molecule has 2 N–H and O–H groups in total. The highest BCUT2D eigenvalue weighted by atomic mass is 16.2. The van der Waals surface area contributed by atoms with E-state index in [-0.39, 0.29) is 18.0 Å². The van der Waals surface area contributed by atoms with Crippen molar-refractivity contribution in [2.45, 2.75) is 26.3 Å². The van der Waals surface area contributed by atoms with Crippen LogP contribution in [0.5, 0.6) is 0 Å². The Kier molecular flexibility index (Phi) is 5.67. The van der Waals surface area contributed by atoms with Crippen molar-refractivity contribution in [3.05, 3.63) is 0 Å². The number of nitrogens with one attached hydrogen (secondary N) is 2. The summed E-state index contributed by atoms with van der Waals surface area (Å²) in [5.74, 6) is 0.00912. The first-order valence-corrected chi connectivity index (χ1v) is 4.68. The fraction of sp³-hybridized carbons (Fsp3) is 0.778. The molecule has 0 fully saturated rings. The highest BCUT2D eigenvalue weighted by molar-refractivity contribution is 5.77. The van der Waals surface area contributed by atoms with Crippen molar-refractivity contribution >= 4 is 11.9 Å². The minimum atomic E-state index is -0.230. The summed E-state index contributed by atoms with van der Waals surface area (Å²) in [6, 6.07) is -0.119. The Balaban J connectivity index is 3.54. The molecule has 5 heteroatoms. The molecule has 3 amide bonds. The standard InChI is InChI=1S/C9H19N3O2/c1-7(2)11-9(14)10-6-5-8(13)12(3)4/h7H,5-6H2,1-4H3,(H2,10,11,14). The maximum atomic E-state index is 11.1. The number of hydrogen-bond acceptors (Lipinski definition) is 2. The number of carbonyl (C=O) groups is 2. The van der Waals surface area contributed by atoms with Gasteiger partial charge >= 0.3 is 6.03 Å². The van der Waals surface area contributed by atoms with Crippen LogP contribution >= 0.6 is 0 Å². The number of carbonyl (C=O) groups excluding carboxylic acids is 2. The van der Waals surface area contributed by atoms with Crippen LogP contribution in [-0.4, -0.2) is 43.5 Å². The number of urea groups is 1. The van der Waals surface area contributed by atoms with Gasteiger partial charge in [-0.2, -0.15) is 0 Å². The lowest BCUT2D eigenvalue weighted by Gasteiger charge is -2.12. The normalized spacial score (nSPS) is 9.79. The predicted molar refractivity (Wildman–Crippen MR) is 55.0 cm³/mol. The Bertz CT molecular complexity index is 202. The fourth-order valence-corrected chi connectivity index (χ4v) is 0.820. The molecule has 0 aromatic rings. The average Bonchev–Trinajstić information content (AvgIpc) is 2.02. The van der Waals surface area contributed by atoms with E-state index in [1.165, 1.54) is 4.90 Å². The second-order valence-corrected chi connectivity index (χ2v) is 3.59. The average molecular weight is 201 g/mol. The van der Waals surface area contributed by atoms with Crippen LogP contribution in [0.4, 0.5) is 4.79 Å². The van der Waals surface area contributed by atoms with Crippen molar-refractivity contribution in [3.63, 3.8) is 0 Å². The lowest BCUT2D eigenvalue weighted by atomic mass is 10.4. The maximum Gasteiger partial charge on any atom is 0.315 e. The van der Waals surface area contributed by atoms with Crippen molar-refractivity contribution in [1.82, 2.24) is 15.5 Å². The molecule has 0 atom stereocenters. The van der Waals surface area contributed by atoms with Crippen LogP contribution in [-0.2, 0) is 4.79 Å². The number of rotatable bonds is 4. The minimum absolute atomic E-state index is 0.00912. The Labute approximate surface area is 84.8 Å². The molecule has 0 aromatic carbocycles. The van der Waals surface area contributed by atoms with Gasteiger partial charge in [-0.3, -0.25) is 4.79 Å². The van der Waals surface area contributed by atoms with E-state index >= 15 is 0 Å². The summed E-state index contributed by atoms with van der Waals surface area (Å²) in [5, 5.41) is 5.27. The number of amides is 3. The van der Waals surface area contributed by atoms with Gasteiger partial charge in [-0.15, -0.1) is 0 Å². The van der Waals surface area contributed by atoms with E-state index in [9.17, 15) is 9.59 Å². The van der Waals surface area contributed by atoms with Crippen molar-refractivity contribution in [2.24, 2.45) is 0 Å². The van der Waals surface area contributed by atoms with Crippen molar-refractivity contribution < 1.29 is 9.59 Å². The summed E-state index contributed by atoms with van der Waals surface area (Å²) in [6.45, 7) is 4.13. The molecule has 0 heterocycles. The van der Waals surface area contributed by atoms with E-state index in [1.54, 1.807) is 14.1 Å². The van der Waals surface area contributed by atoms with E-state index in [0.717, 1.165) is 0 Å². The molecular weight excluding hydrogens is 182 g/mol. The summed E-state index contributed by atoms with van der Waals surface area (Å²) in [4.78, 5) is 23.7. The molecule has 0 aliphatic heterocycles. The molecule has 0 unspecified atom stereocenters. The molecular formula is C9H19N3O2. The Morgan fingerprint density at radius 3 is 2.29 bits per heavy atom. The van der Waals surface area contributed by atoms with Gasteiger partial charge < -0.3 is 15.5 Å². The summed E-state index contributed by atoms with van der Waals surface area (Å²) in [7, 11) is 3.38. The third-order valence-electron chi connectivity index (χ3n) is 1.54. The second-order valence-electron chi connectivity index (χ2n) is 3.59. The van der Waals surface area contributed by atoms with Crippen LogP contribution in [0.1, 0.15) is 20.3 Å². The van der Waals surface area contributed by atoms with Gasteiger partial charge in [0, 0.05) is 33.1 Å². The van der Waals surface area contributed by atoms with E-state index in [1.807, 2.05) is 13.8 Å². The van der Waals surface area contributed by atoms with Gasteiger partial charge in [-0.1, -0.05) is 0 Å². The van der Waals surface area contributed by atoms with Crippen molar-refractivity contribution in [3.8, 4) is 0 Å². The Morgan fingerprint density at radius 2 is 1.86 bits per heavy atom. The zero-order valence-electron chi connectivity index (χ0n) is 9.26. The minimum Gasteiger partial charge on any atom is -0.349 e.